The molecular weight excluding hydrogens is 831 g/mol. The fraction of sp³-hybridized carbons (Fsp3) is 0.250. The largest absolute Gasteiger partial charge is 0.280 e. The highest BCUT2D eigenvalue weighted by Gasteiger charge is 2.19. The number of aryl methyl sites for hydroxylation is 5. The van der Waals surface area contributed by atoms with Crippen LogP contribution in [0.1, 0.15) is 94.2 Å². The molecule has 0 amide bonds. The van der Waals surface area contributed by atoms with Crippen molar-refractivity contribution in [1.29, 1.82) is 0 Å². The van der Waals surface area contributed by atoms with Crippen LogP contribution in [0.15, 0.2) is 187 Å². The zero-order valence-corrected chi connectivity index (χ0v) is 42.8. The molecular formula is C68H71N. The summed E-state index contributed by atoms with van der Waals surface area (Å²) in [5, 5.41) is 13.4. The fourth-order valence-electron chi connectivity index (χ4n) is 9.78. The van der Waals surface area contributed by atoms with Gasteiger partial charge < -0.3 is 0 Å². The summed E-state index contributed by atoms with van der Waals surface area (Å²) in [5.41, 5.74) is 11.7. The Morgan fingerprint density at radius 1 is 0.551 bits per heavy atom. The quantitative estimate of drug-likeness (QED) is 0.0682. The Balaban J connectivity index is 0.000000179. The first kappa shape index (κ1) is 49.9. The van der Waals surface area contributed by atoms with Gasteiger partial charge in [0, 0.05) is 12.3 Å². The van der Waals surface area contributed by atoms with E-state index in [1.165, 1.54) is 118 Å². The van der Waals surface area contributed by atoms with Gasteiger partial charge in [-0.15, -0.1) is 5.92 Å². The van der Waals surface area contributed by atoms with Crippen LogP contribution in [-0.4, -0.2) is 11.8 Å². The molecule has 1 aliphatic rings. The van der Waals surface area contributed by atoms with Crippen LogP contribution in [0.4, 0.5) is 0 Å². The number of hydrogen-bond donors (Lipinski definition) is 0. The Morgan fingerprint density at radius 3 is 1.87 bits per heavy atom. The van der Waals surface area contributed by atoms with Crippen LogP contribution >= 0.6 is 0 Å². The predicted octanol–water partition coefficient (Wildman–Crippen LogP) is 19.1. The van der Waals surface area contributed by atoms with E-state index in [0.717, 1.165) is 12.1 Å². The number of rotatable bonds is 6. The van der Waals surface area contributed by atoms with Crippen LogP contribution in [-0.2, 0) is 6.42 Å². The number of benzene rings is 9. The van der Waals surface area contributed by atoms with Crippen LogP contribution in [0.3, 0.4) is 0 Å². The minimum absolute atomic E-state index is 0.152. The Kier molecular flexibility index (Phi) is 17.2. The van der Waals surface area contributed by atoms with Crippen molar-refractivity contribution in [2.45, 2.75) is 101 Å². The molecule has 69 heavy (non-hydrogen) atoms. The van der Waals surface area contributed by atoms with Gasteiger partial charge in [0.15, 0.2) is 0 Å². The highest BCUT2D eigenvalue weighted by atomic mass is 14.8. The van der Waals surface area contributed by atoms with Gasteiger partial charge in [-0.1, -0.05) is 223 Å². The Bertz CT molecular complexity index is 3340. The molecule has 0 saturated carbocycles. The third-order valence-corrected chi connectivity index (χ3v) is 13.2. The van der Waals surface area contributed by atoms with Gasteiger partial charge in [-0.3, -0.25) is 4.99 Å². The van der Waals surface area contributed by atoms with E-state index >= 15 is 0 Å². The molecule has 0 aromatic heterocycles. The van der Waals surface area contributed by atoms with E-state index in [2.05, 4.69) is 257 Å². The fourth-order valence-corrected chi connectivity index (χ4v) is 9.78. The van der Waals surface area contributed by atoms with E-state index in [0.29, 0.717) is 5.92 Å². The lowest BCUT2D eigenvalue weighted by molar-refractivity contribution is 0.624. The third-order valence-electron chi connectivity index (χ3n) is 13.2. The molecule has 0 fully saturated rings. The molecule has 3 atom stereocenters. The molecule has 1 heteroatoms. The summed E-state index contributed by atoms with van der Waals surface area (Å²) in [6, 6.07) is 57.3. The molecule has 1 aliphatic carbocycles. The standard InChI is InChI=1S/C36H28.C20H23N.C9H12.C3H8/c1-21-10-9-15-29-31-18-23(3)30(34-22(2)16-17-25-11-5-8-14-28(25)34)20-32(31)33-19-26-12-6-7-13-27(26)24(4)36(33)35(21)29;1-4-5-11-17(3)20(18-13-7-6-8-14-18)21-19-15-10-9-12-16(19)2;1-2-6-9-7-4-3-5-8-9;1-3-2/h5-20H,1-4H3;6-10,12-17,19H,4H2,1-3H3;3-5,7-8H,2,6H2,1H3;3H2,1-2H3. The molecule has 10 rings (SSSR count). The molecule has 9 aromatic rings. The molecule has 1 nitrogen and oxygen atoms in total. The van der Waals surface area contributed by atoms with Crippen molar-refractivity contribution in [3.63, 3.8) is 0 Å². The smallest absolute Gasteiger partial charge is 0.0746 e. The Hall–Kier alpha value is -7.01. The molecule has 0 spiro atoms. The van der Waals surface area contributed by atoms with Gasteiger partial charge in [0.1, 0.15) is 0 Å². The highest BCUT2D eigenvalue weighted by Crippen LogP contribution is 2.44. The lowest BCUT2D eigenvalue weighted by Crippen LogP contribution is -2.20. The van der Waals surface area contributed by atoms with Crippen molar-refractivity contribution in [2.24, 2.45) is 16.8 Å². The van der Waals surface area contributed by atoms with Crippen molar-refractivity contribution < 1.29 is 0 Å². The van der Waals surface area contributed by atoms with Crippen LogP contribution < -0.4 is 0 Å². The minimum atomic E-state index is 0.152. The van der Waals surface area contributed by atoms with E-state index in [1.54, 1.807) is 0 Å². The molecule has 0 saturated heterocycles. The minimum Gasteiger partial charge on any atom is -0.280 e. The average molecular weight is 902 g/mol. The monoisotopic (exact) mass is 902 g/mol. The maximum absolute atomic E-state index is 5.02. The molecule has 348 valence electrons. The summed E-state index contributed by atoms with van der Waals surface area (Å²) in [6.07, 6.45) is 13.1. The SMILES string of the molecule is CCC.CCC#CC(C)C(=NC1C=CC=CC1C)c1ccccc1.CCCc1ccccc1.Cc1cc2c(cc1-c1c(C)ccc3ccccc13)c1cc3ccccc3c(C)c1c1c(C)cccc21. The summed E-state index contributed by atoms with van der Waals surface area (Å²) in [5.74, 6) is 7.08. The lowest BCUT2D eigenvalue weighted by Gasteiger charge is -2.20. The number of fused-ring (bicyclic) bond motifs is 8. The summed E-state index contributed by atoms with van der Waals surface area (Å²) in [4.78, 5) is 5.02. The first-order chi connectivity index (χ1) is 33.6. The number of nitrogens with zero attached hydrogens (tertiary/aromatic N) is 1. The topological polar surface area (TPSA) is 12.4 Å². The molecule has 0 bridgehead atoms. The second kappa shape index (κ2) is 23.8. The first-order valence-electron chi connectivity index (χ1n) is 25.4. The molecule has 9 aromatic carbocycles. The van der Waals surface area contributed by atoms with Crippen molar-refractivity contribution in [2.75, 3.05) is 0 Å². The average Bonchev–Trinajstić information content (AvgIpc) is 3.37. The Labute approximate surface area is 413 Å². The van der Waals surface area contributed by atoms with Gasteiger partial charge in [0.2, 0.25) is 0 Å². The van der Waals surface area contributed by atoms with E-state index in [1.807, 2.05) is 6.07 Å². The normalized spacial score (nSPS) is 14.6. The van der Waals surface area contributed by atoms with E-state index in [4.69, 9.17) is 4.99 Å². The van der Waals surface area contributed by atoms with Crippen LogP contribution in [0.2, 0.25) is 0 Å². The number of hydrogen-bond acceptors (Lipinski definition) is 1. The maximum atomic E-state index is 5.02. The molecule has 3 unspecified atom stereocenters. The molecule has 0 radical (unpaired) electrons. The molecule has 0 heterocycles. The van der Waals surface area contributed by atoms with E-state index in [-0.39, 0.29) is 12.0 Å². The number of allylic oxidation sites excluding steroid dienone is 2. The van der Waals surface area contributed by atoms with Crippen LogP contribution in [0.25, 0.3) is 65.0 Å². The maximum Gasteiger partial charge on any atom is 0.0746 e. The summed E-state index contributed by atoms with van der Waals surface area (Å²) in [7, 11) is 0. The van der Waals surface area contributed by atoms with Crippen molar-refractivity contribution in [3.05, 3.63) is 215 Å². The van der Waals surface area contributed by atoms with Crippen LogP contribution in [0, 0.1) is 51.4 Å². The van der Waals surface area contributed by atoms with Gasteiger partial charge in [-0.05, 0) is 152 Å². The van der Waals surface area contributed by atoms with Gasteiger partial charge in [0.05, 0.1) is 17.7 Å². The summed E-state index contributed by atoms with van der Waals surface area (Å²) >= 11 is 0. The van der Waals surface area contributed by atoms with E-state index in [9.17, 15) is 0 Å². The third kappa shape index (κ3) is 11.5. The number of aliphatic imine (C=N–C) groups is 1. The lowest BCUT2D eigenvalue weighted by atomic mass is 9.84. The molecule has 0 aliphatic heterocycles. The van der Waals surface area contributed by atoms with Gasteiger partial charge in [0.25, 0.3) is 0 Å². The van der Waals surface area contributed by atoms with Gasteiger partial charge >= 0.3 is 0 Å². The molecule has 0 N–H and O–H groups in total. The van der Waals surface area contributed by atoms with Crippen molar-refractivity contribution >= 4 is 59.6 Å². The zero-order valence-electron chi connectivity index (χ0n) is 42.8. The summed E-state index contributed by atoms with van der Waals surface area (Å²) < 4.78 is 0. The zero-order chi connectivity index (χ0) is 48.9. The van der Waals surface area contributed by atoms with Gasteiger partial charge in [-0.2, -0.15) is 0 Å². The predicted molar refractivity (Wildman–Crippen MR) is 306 cm³/mol. The summed E-state index contributed by atoms with van der Waals surface area (Å²) in [6.45, 7) is 21.9. The second-order valence-corrected chi connectivity index (χ2v) is 18.7. The first-order valence-corrected chi connectivity index (χ1v) is 25.4. The van der Waals surface area contributed by atoms with Crippen molar-refractivity contribution in [3.8, 4) is 23.0 Å². The second-order valence-electron chi connectivity index (χ2n) is 18.7. The van der Waals surface area contributed by atoms with Gasteiger partial charge in [-0.25, -0.2) is 0 Å². The van der Waals surface area contributed by atoms with Crippen molar-refractivity contribution in [1.82, 2.24) is 0 Å². The Morgan fingerprint density at radius 2 is 1.17 bits per heavy atom. The highest BCUT2D eigenvalue weighted by molar-refractivity contribution is 6.30. The van der Waals surface area contributed by atoms with E-state index < -0.39 is 0 Å². The van der Waals surface area contributed by atoms with Crippen LogP contribution in [0.5, 0.6) is 0 Å².